The number of hydrogen-bond acceptors (Lipinski definition) is 4. The third-order valence-electron chi connectivity index (χ3n) is 3.64. The van der Waals surface area contributed by atoms with E-state index in [0.717, 1.165) is 11.5 Å². The summed E-state index contributed by atoms with van der Waals surface area (Å²) in [7, 11) is 3.12. The fourth-order valence-corrected chi connectivity index (χ4v) is 3.19. The molecule has 6 heteroatoms. The van der Waals surface area contributed by atoms with Crippen molar-refractivity contribution in [1.29, 1.82) is 0 Å². The monoisotopic (exact) mass is 362 g/mol. The highest BCUT2D eigenvalue weighted by Crippen LogP contribution is 2.30. The summed E-state index contributed by atoms with van der Waals surface area (Å²) in [4.78, 5) is 11.2. The number of ether oxygens (including phenoxy) is 1. The minimum Gasteiger partial charge on any atom is -0.497 e. The standard InChI is InChI=1S/C19H23FN2O2S/c1-19(2,25-12-13-5-8-15(24-4)9-6-13)22-14-7-10-16(17(20)11-14)18(23)21-3/h5-11,22H,12H2,1-4H3,(H,21,23). The van der Waals surface area contributed by atoms with Crippen molar-refractivity contribution in [3.05, 3.63) is 59.4 Å². The first-order valence-electron chi connectivity index (χ1n) is 7.91. The molecule has 0 unspecified atom stereocenters. The summed E-state index contributed by atoms with van der Waals surface area (Å²) in [5.74, 6) is 0.665. The Bertz CT molecular complexity index is 733. The minimum absolute atomic E-state index is 0.0387. The second kappa shape index (κ2) is 8.25. The van der Waals surface area contributed by atoms with Gasteiger partial charge in [-0.2, -0.15) is 0 Å². The predicted octanol–water partition coefficient (Wildman–Crippen LogP) is 4.28. The lowest BCUT2D eigenvalue weighted by molar-refractivity contribution is 0.0959. The van der Waals surface area contributed by atoms with Crippen LogP contribution in [0.2, 0.25) is 0 Å². The zero-order chi connectivity index (χ0) is 18.4. The Balaban J connectivity index is 2.00. The van der Waals surface area contributed by atoms with Gasteiger partial charge in [0.2, 0.25) is 0 Å². The van der Waals surface area contributed by atoms with Crippen LogP contribution in [0.25, 0.3) is 0 Å². The van der Waals surface area contributed by atoms with Crippen LogP contribution < -0.4 is 15.4 Å². The number of halogens is 1. The molecule has 0 bridgehead atoms. The van der Waals surface area contributed by atoms with Crippen molar-refractivity contribution in [3.8, 4) is 5.75 Å². The number of nitrogens with one attached hydrogen (secondary N) is 2. The summed E-state index contributed by atoms with van der Waals surface area (Å²) in [6, 6.07) is 12.5. The molecule has 1 amide bonds. The third-order valence-corrected chi connectivity index (χ3v) is 4.95. The quantitative estimate of drug-likeness (QED) is 0.722. The molecule has 0 saturated heterocycles. The summed E-state index contributed by atoms with van der Waals surface area (Å²) >= 11 is 1.71. The summed E-state index contributed by atoms with van der Waals surface area (Å²) in [6.07, 6.45) is 0. The van der Waals surface area contributed by atoms with Gasteiger partial charge in [0.25, 0.3) is 5.91 Å². The van der Waals surface area contributed by atoms with Gasteiger partial charge in [0.05, 0.1) is 17.5 Å². The zero-order valence-corrected chi connectivity index (χ0v) is 15.7. The first-order chi connectivity index (χ1) is 11.8. The van der Waals surface area contributed by atoms with Gasteiger partial charge in [0.1, 0.15) is 11.6 Å². The molecule has 0 fully saturated rings. The SMILES string of the molecule is CNC(=O)c1ccc(NC(C)(C)SCc2ccc(OC)cc2)cc1F. The van der Waals surface area contributed by atoms with Gasteiger partial charge in [0, 0.05) is 18.5 Å². The van der Waals surface area contributed by atoms with Crippen molar-refractivity contribution in [3.63, 3.8) is 0 Å². The Morgan fingerprint density at radius 1 is 1.20 bits per heavy atom. The van der Waals surface area contributed by atoms with E-state index in [0.29, 0.717) is 5.69 Å². The Kier molecular flexibility index (Phi) is 6.31. The Morgan fingerprint density at radius 2 is 1.88 bits per heavy atom. The fraction of sp³-hybridized carbons (Fsp3) is 0.316. The van der Waals surface area contributed by atoms with Gasteiger partial charge in [0.15, 0.2) is 0 Å². The van der Waals surface area contributed by atoms with Gasteiger partial charge in [-0.25, -0.2) is 4.39 Å². The highest BCUT2D eigenvalue weighted by Gasteiger charge is 2.19. The van der Waals surface area contributed by atoms with Gasteiger partial charge in [-0.05, 0) is 49.7 Å². The fourth-order valence-electron chi connectivity index (χ4n) is 2.28. The number of carbonyl (C=O) groups is 1. The van der Waals surface area contributed by atoms with Crippen molar-refractivity contribution in [2.75, 3.05) is 19.5 Å². The molecular formula is C19H23FN2O2S. The summed E-state index contributed by atoms with van der Waals surface area (Å²) in [5.41, 5.74) is 1.86. The van der Waals surface area contributed by atoms with Gasteiger partial charge >= 0.3 is 0 Å². The van der Waals surface area contributed by atoms with Crippen molar-refractivity contribution in [2.45, 2.75) is 24.5 Å². The van der Waals surface area contributed by atoms with E-state index >= 15 is 0 Å². The van der Waals surface area contributed by atoms with Crippen LogP contribution in [0.3, 0.4) is 0 Å². The molecule has 0 aliphatic carbocycles. The number of rotatable bonds is 7. The predicted molar refractivity (Wildman–Crippen MR) is 102 cm³/mol. The number of benzene rings is 2. The molecule has 0 spiro atoms. The molecule has 2 aromatic rings. The van der Waals surface area contributed by atoms with Crippen LogP contribution in [-0.2, 0) is 5.75 Å². The van der Waals surface area contributed by atoms with Crippen molar-refractivity contribution in [2.24, 2.45) is 0 Å². The number of amides is 1. The maximum Gasteiger partial charge on any atom is 0.253 e. The molecule has 4 nitrogen and oxygen atoms in total. The van der Waals surface area contributed by atoms with Crippen LogP contribution in [0.4, 0.5) is 10.1 Å². The molecule has 0 saturated carbocycles. The largest absolute Gasteiger partial charge is 0.497 e. The van der Waals surface area contributed by atoms with E-state index in [9.17, 15) is 9.18 Å². The van der Waals surface area contributed by atoms with Crippen LogP contribution in [0.5, 0.6) is 5.75 Å². The Labute approximate surface area is 152 Å². The molecule has 134 valence electrons. The second-order valence-corrected chi connectivity index (χ2v) is 7.64. The van der Waals surface area contributed by atoms with E-state index in [1.165, 1.54) is 24.7 Å². The van der Waals surface area contributed by atoms with Crippen LogP contribution >= 0.6 is 11.8 Å². The number of anilines is 1. The van der Waals surface area contributed by atoms with E-state index in [1.54, 1.807) is 24.9 Å². The number of thioether (sulfide) groups is 1. The van der Waals surface area contributed by atoms with Gasteiger partial charge < -0.3 is 15.4 Å². The maximum atomic E-state index is 14.1. The molecule has 0 aromatic heterocycles. The van der Waals surface area contributed by atoms with Gasteiger partial charge in [-0.1, -0.05) is 12.1 Å². The average Bonchev–Trinajstić information content (AvgIpc) is 2.59. The summed E-state index contributed by atoms with van der Waals surface area (Å²) in [6.45, 7) is 4.07. The highest BCUT2D eigenvalue weighted by molar-refractivity contribution is 7.99. The maximum absolute atomic E-state index is 14.1. The van der Waals surface area contributed by atoms with Crippen molar-refractivity contribution < 1.29 is 13.9 Å². The number of carbonyl (C=O) groups excluding carboxylic acids is 1. The smallest absolute Gasteiger partial charge is 0.253 e. The van der Waals surface area contributed by atoms with E-state index in [1.807, 2.05) is 38.1 Å². The second-order valence-electron chi connectivity index (χ2n) is 6.05. The van der Waals surface area contributed by atoms with E-state index < -0.39 is 11.7 Å². The lowest BCUT2D eigenvalue weighted by atomic mass is 10.1. The molecule has 0 aliphatic heterocycles. The molecular weight excluding hydrogens is 339 g/mol. The molecule has 0 aliphatic rings. The average molecular weight is 362 g/mol. The molecule has 0 heterocycles. The van der Waals surface area contributed by atoms with Crippen molar-refractivity contribution in [1.82, 2.24) is 5.32 Å². The van der Waals surface area contributed by atoms with Crippen LogP contribution in [-0.4, -0.2) is 24.9 Å². The number of methoxy groups -OCH3 is 1. The lowest BCUT2D eigenvalue weighted by Crippen LogP contribution is -2.27. The Hall–Kier alpha value is -2.21. The molecule has 2 rings (SSSR count). The van der Waals surface area contributed by atoms with E-state index in [4.69, 9.17) is 4.74 Å². The molecule has 2 N–H and O–H groups in total. The van der Waals surface area contributed by atoms with Crippen LogP contribution in [0.15, 0.2) is 42.5 Å². The first kappa shape index (κ1) is 19.1. The lowest BCUT2D eigenvalue weighted by Gasteiger charge is -2.27. The first-order valence-corrected chi connectivity index (χ1v) is 8.90. The van der Waals surface area contributed by atoms with E-state index in [-0.39, 0.29) is 10.4 Å². The van der Waals surface area contributed by atoms with Gasteiger partial charge in [-0.15, -0.1) is 11.8 Å². The van der Waals surface area contributed by atoms with Crippen LogP contribution in [0, 0.1) is 5.82 Å². The summed E-state index contributed by atoms with van der Waals surface area (Å²) < 4.78 is 19.2. The van der Waals surface area contributed by atoms with Crippen molar-refractivity contribution >= 4 is 23.4 Å². The molecule has 2 aromatic carbocycles. The normalized spacial score (nSPS) is 11.1. The summed E-state index contributed by atoms with van der Waals surface area (Å²) in [5, 5.41) is 5.73. The topological polar surface area (TPSA) is 50.4 Å². The van der Waals surface area contributed by atoms with Gasteiger partial charge in [-0.3, -0.25) is 4.79 Å². The zero-order valence-electron chi connectivity index (χ0n) is 14.9. The highest BCUT2D eigenvalue weighted by atomic mass is 32.2. The third kappa shape index (κ3) is 5.39. The minimum atomic E-state index is -0.541. The Morgan fingerprint density at radius 3 is 2.44 bits per heavy atom. The van der Waals surface area contributed by atoms with E-state index in [2.05, 4.69) is 10.6 Å². The molecule has 0 atom stereocenters. The van der Waals surface area contributed by atoms with Crippen LogP contribution in [0.1, 0.15) is 29.8 Å². The molecule has 0 radical (unpaired) electrons. The molecule has 25 heavy (non-hydrogen) atoms. The number of hydrogen-bond donors (Lipinski definition) is 2.